The van der Waals surface area contributed by atoms with Crippen LogP contribution >= 0.6 is 0 Å². The number of benzene rings is 1. The molecule has 1 aliphatic heterocycles. The second-order valence-corrected chi connectivity index (χ2v) is 4.40. The number of aliphatic hydroxyl groups is 1. The van der Waals surface area contributed by atoms with E-state index < -0.39 is 22.3 Å². The molecule has 0 saturated carbocycles. The Morgan fingerprint density at radius 3 is 2.95 bits per heavy atom. The third-order valence-corrected chi connectivity index (χ3v) is 3.24. The van der Waals surface area contributed by atoms with Crippen molar-refractivity contribution in [3.8, 4) is 0 Å². The zero-order valence-electron chi connectivity index (χ0n) is 10.1. The van der Waals surface area contributed by atoms with Gasteiger partial charge in [-0.15, -0.1) is 0 Å². The number of amides is 1. The average molecular weight is 268 g/mol. The quantitative estimate of drug-likeness (QED) is 0.662. The van der Waals surface area contributed by atoms with Gasteiger partial charge in [0.25, 0.3) is 5.91 Å². The van der Waals surface area contributed by atoms with E-state index in [1.807, 2.05) is 0 Å². The summed E-state index contributed by atoms with van der Waals surface area (Å²) < 4.78 is 13.2. The predicted molar refractivity (Wildman–Crippen MR) is 64.2 cm³/mol. The van der Waals surface area contributed by atoms with Crippen LogP contribution in [0.4, 0.5) is 10.1 Å². The van der Waals surface area contributed by atoms with E-state index in [4.69, 9.17) is 5.11 Å². The van der Waals surface area contributed by atoms with Crippen molar-refractivity contribution < 1.29 is 19.2 Å². The Morgan fingerprint density at radius 1 is 1.58 bits per heavy atom. The molecular formula is C12H13FN2O4. The molecule has 0 aromatic heterocycles. The number of nitro benzene ring substituents is 1. The Morgan fingerprint density at radius 2 is 2.32 bits per heavy atom. The Kier molecular flexibility index (Phi) is 3.75. The van der Waals surface area contributed by atoms with Crippen molar-refractivity contribution in [3.63, 3.8) is 0 Å². The van der Waals surface area contributed by atoms with E-state index >= 15 is 0 Å². The summed E-state index contributed by atoms with van der Waals surface area (Å²) in [5, 5.41) is 19.8. The van der Waals surface area contributed by atoms with Crippen LogP contribution in [0.2, 0.25) is 0 Å². The molecule has 102 valence electrons. The van der Waals surface area contributed by atoms with Gasteiger partial charge in [-0.1, -0.05) is 0 Å². The summed E-state index contributed by atoms with van der Waals surface area (Å²) in [6, 6.07) is 2.80. The Balaban J connectivity index is 2.29. The second kappa shape index (κ2) is 5.31. The van der Waals surface area contributed by atoms with Crippen LogP contribution in [0.1, 0.15) is 23.2 Å². The van der Waals surface area contributed by atoms with Gasteiger partial charge in [-0.2, -0.15) is 4.39 Å². The third kappa shape index (κ3) is 2.55. The third-order valence-electron chi connectivity index (χ3n) is 3.24. The van der Waals surface area contributed by atoms with E-state index in [2.05, 4.69) is 0 Å². The zero-order chi connectivity index (χ0) is 14.0. The second-order valence-electron chi connectivity index (χ2n) is 4.40. The lowest BCUT2D eigenvalue weighted by Gasteiger charge is -2.22. The highest BCUT2D eigenvalue weighted by atomic mass is 19.1. The first kappa shape index (κ1) is 13.4. The summed E-state index contributed by atoms with van der Waals surface area (Å²) in [5.74, 6) is -1.39. The smallest absolute Gasteiger partial charge is 0.305 e. The average Bonchev–Trinajstić information content (AvgIpc) is 2.86. The number of rotatable bonds is 3. The maximum Gasteiger partial charge on any atom is 0.305 e. The topological polar surface area (TPSA) is 83.7 Å². The number of carbonyl (C=O) groups is 1. The van der Waals surface area contributed by atoms with Crippen molar-refractivity contribution in [2.24, 2.45) is 0 Å². The highest BCUT2D eigenvalue weighted by Crippen LogP contribution is 2.23. The van der Waals surface area contributed by atoms with Crippen LogP contribution < -0.4 is 0 Å². The standard InChI is InChI=1S/C12H13FN2O4/c13-10-4-3-8(6-11(10)15(18)19)12(17)14-5-1-2-9(14)7-16/h3-4,6,9,16H,1-2,5,7H2/t9-/m1/s1. The van der Waals surface area contributed by atoms with Crippen molar-refractivity contribution in [1.82, 2.24) is 4.90 Å². The predicted octanol–water partition coefficient (Wildman–Crippen LogP) is 1.33. The molecule has 0 bridgehead atoms. The number of halogens is 1. The summed E-state index contributed by atoms with van der Waals surface area (Å²) in [6.45, 7) is 0.351. The largest absolute Gasteiger partial charge is 0.394 e. The molecule has 0 spiro atoms. The van der Waals surface area contributed by atoms with Crippen LogP contribution in [-0.4, -0.2) is 40.0 Å². The summed E-state index contributed by atoms with van der Waals surface area (Å²) >= 11 is 0. The van der Waals surface area contributed by atoms with Gasteiger partial charge in [0.05, 0.1) is 17.6 Å². The maximum absolute atomic E-state index is 13.2. The first-order chi connectivity index (χ1) is 9.04. The van der Waals surface area contributed by atoms with Crippen molar-refractivity contribution >= 4 is 11.6 Å². The lowest BCUT2D eigenvalue weighted by atomic mass is 10.1. The van der Waals surface area contributed by atoms with Gasteiger partial charge in [0.2, 0.25) is 5.82 Å². The van der Waals surface area contributed by atoms with Crippen molar-refractivity contribution in [3.05, 3.63) is 39.7 Å². The van der Waals surface area contributed by atoms with Crippen LogP contribution in [0.3, 0.4) is 0 Å². The molecule has 1 fully saturated rings. The van der Waals surface area contributed by atoms with Gasteiger partial charge in [-0.25, -0.2) is 0 Å². The monoisotopic (exact) mass is 268 g/mol. The minimum absolute atomic E-state index is 0.0634. The molecule has 0 unspecified atom stereocenters. The molecule has 0 radical (unpaired) electrons. The lowest BCUT2D eigenvalue weighted by molar-refractivity contribution is -0.387. The van der Waals surface area contributed by atoms with E-state index in [1.54, 1.807) is 0 Å². The fraction of sp³-hybridized carbons (Fsp3) is 0.417. The van der Waals surface area contributed by atoms with Crippen LogP contribution in [0, 0.1) is 15.9 Å². The van der Waals surface area contributed by atoms with Gasteiger partial charge in [0.15, 0.2) is 0 Å². The highest BCUT2D eigenvalue weighted by molar-refractivity contribution is 5.95. The van der Waals surface area contributed by atoms with Crippen LogP contribution in [0.5, 0.6) is 0 Å². The molecule has 1 aliphatic rings. The Labute approximate surface area is 108 Å². The number of nitrogens with zero attached hydrogens (tertiary/aromatic N) is 2. The van der Waals surface area contributed by atoms with Crippen LogP contribution in [0.15, 0.2) is 18.2 Å². The van der Waals surface area contributed by atoms with E-state index in [1.165, 1.54) is 11.0 Å². The first-order valence-electron chi connectivity index (χ1n) is 5.90. The molecule has 6 nitrogen and oxygen atoms in total. The van der Waals surface area contributed by atoms with Crippen molar-refractivity contribution in [2.75, 3.05) is 13.2 Å². The number of hydrogen-bond acceptors (Lipinski definition) is 4. The molecule has 1 atom stereocenters. The molecule has 1 saturated heterocycles. The van der Waals surface area contributed by atoms with Crippen molar-refractivity contribution in [2.45, 2.75) is 18.9 Å². The molecule has 1 aromatic carbocycles. The Hall–Kier alpha value is -2.02. The molecule has 19 heavy (non-hydrogen) atoms. The number of hydrogen-bond donors (Lipinski definition) is 1. The highest BCUT2D eigenvalue weighted by Gasteiger charge is 2.30. The fourth-order valence-corrected chi connectivity index (χ4v) is 2.24. The van der Waals surface area contributed by atoms with E-state index in [-0.39, 0.29) is 18.2 Å². The molecule has 7 heteroatoms. The summed E-state index contributed by atoms with van der Waals surface area (Å²) in [5.41, 5.74) is -0.654. The molecule has 1 amide bonds. The number of aliphatic hydroxyl groups excluding tert-OH is 1. The molecule has 1 N–H and O–H groups in total. The van der Waals surface area contributed by atoms with Gasteiger partial charge >= 0.3 is 5.69 Å². The zero-order valence-corrected chi connectivity index (χ0v) is 10.1. The maximum atomic E-state index is 13.2. The van der Waals surface area contributed by atoms with Gasteiger partial charge in [-0.3, -0.25) is 14.9 Å². The molecular weight excluding hydrogens is 255 g/mol. The summed E-state index contributed by atoms with van der Waals surface area (Å²) in [7, 11) is 0. The van der Waals surface area contributed by atoms with Gasteiger partial charge < -0.3 is 10.0 Å². The Bertz CT molecular complexity index is 520. The van der Waals surface area contributed by atoms with Gasteiger partial charge in [-0.05, 0) is 25.0 Å². The molecule has 1 heterocycles. The molecule has 1 aromatic rings. The van der Waals surface area contributed by atoms with E-state index in [0.717, 1.165) is 18.6 Å². The first-order valence-corrected chi connectivity index (χ1v) is 5.90. The SMILES string of the molecule is O=C(c1ccc(F)c([N+](=O)[O-])c1)N1CCC[C@@H]1CO. The van der Waals surface area contributed by atoms with Gasteiger partial charge in [0, 0.05) is 18.2 Å². The number of carbonyl (C=O) groups excluding carboxylic acids is 1. The van der Waals surface area contributed by atoms with Crippen molar-refractivity contribution in [1.29, 1.82) is 0 Å². The molecule has 2 rings (SSSR count). The lowest BCUT2D eigenvalue weighted by Crippen LogP contribution is -2.37. The molecule has 0 aliphatic carbocycles. The van der Waals surface area contributed by atoms with Crippen LogP contribution in [0.25, 0.3) is 0 Å². The van der Waals surface area contributed by atoms with E-state index in [0.29, 0.717) is 13.0 Å². The van der Waals surface area contributed by atoms with Gasteiger partial charge in [0.1, 0.15) is 0 Å². The fourth-order valence-electron chi connectivity index (χ4n) is 2.24. The number of nitro groups is 1. The normalized spacial score (nSPS) is 18.6. The summed E-state index contributed by atoms with van der Waals surface area (Å²) in [6.07, 6.45) is 1.48. The van der Waals surface area contributed by atoms with Crippen LogP contribution in [-0.2, 0) is 0 Å². The minimum atomic E-state index is -0.971. The number of likely N-dealkylation sites (tertiary alicyclic amines) is 1. The van der Waals surface area contributed by atoms with E-state index in [9.17, 15) is 19.3 Å². The summed E-state index contributed by atoms with van der Waals surface area (Å²) in [4.78, 5) is 23.4. The minimum Gasteiger partial charge on any atom is -0.394 e.